The molecule has 1 aliphatic rings. The highest BCUT2D eigenvalue weighted by atomic mass is 19.3. The summed E-state index contributed by atoms with van der Waals surface area (Å²) < 4.78 is 29.8. The number of rotatable bonds is 4. The normalized spacial score (nSPS) is 15.8. The average Bonchev–Trinajstić information content (AvgIpc) is 3.29. The zero-order valence-electron chi connectivity index (χ0n) is 14.3. The molecule has 1 aliphatic carbocycles. The van der Waals surface area contributed by atoms with E-state index in [0.717, 1.165) is 24.0 Å². The van der Waals surface area contributed by atoms with Gasteiger partial charge in [0, 0.05) is 5.56 Å². The summed E-state index contributed by atoms with van der Waals surface area (Å²) in [5.41, 5.74) is 3.74. The minimum absolute atomic E-state index is 0.124. The van der Waals surface area contributed by atoms with E-state index >= 15 is 0 Å². The molecule has 4 rings (SSSR count). The zero-order chi connectivity index (χ0) is 19.0. The molecule has 1 aromatic carbocycles. The third-order valence-electron chi connectivity index (χ3n) is 4.45. The molecule has 2 aromatic heterocycles. The van der Waals surface area contributed by atoms with Crippen molar-refractivity contribution in [3.63, 3.8) is 0 Å². The van der Waals surface area contributed by atoms with Crippen molar-refractivity contribution in [3.05, 3.63) is 58.7 Å². The number of alkyl halides is 2. The van der Waals surface area contributed by atoms with Crippen LogP contribution in [0.4, 0.5) is 8.78 Å². The van der Waals surface area contributed by atoms with E-state index in [1.54, 1.807) is 19.1 Å². The molecule has 0 radical (unpaired) electrons. The first-order valence-corrected chi connectivity index (χ1v) is 8.36. The minimum atomic E-state index is -2.80. The van der Waals surface area contributed by atoms with E-state index < -0.39 is 12.3 Å². The lowest BCUT2D eigenvalue weighted by Crippen LogP contribution is -2.27. The van der Waals surface area contributed by atoms with Gasteiger partial charge in [0.15, 0.2) is 0 Å². The monoisotopic (exact) mass is 371 g/mol. The highest BCUT2D eigenvalue weighted by Crippen LogP contribution is 2.34. The average molecular weight is 371 g/mol. The summed E-state index contributed by atoms with van der Waals surface area (Å²) in [5, 5.41) is 14.2. The molecule has 0 spiro atoms. The summed E-state index contributed by atoms with van der Waals surface area (Å²) in [6, 6.07) is 6.99. The molecule has 0 saturated carbocycles. The number of fused-ring (bicyclic) bond motifs is 1. The van der Waals surface area contributed by atoms with Gasteiger partial charge in [0.2, 0.25) is 5.82 Å². The first kappa shape index (κ1) is 17.2. The Hall–Kier alpha value is -3.23. The molecular formula is C18H15F2N5O2. The number of carbonyl (C=O) groups is 1. The largest absolute Gasteiger partial charge is 0.345 e. The van der Waals surface area contributed by atoms with Crippen molar-refractivity contribution in [1.82, 2.24) is 25.7 Å². The number of aromatic nitrogens is 4. The van der Waals surface area contributed by atoms with Crippen molar-refractivity contribution < 1.29 is 18.1 Å². The van der Waals surface area contributed by atoms with Crippen molar-refractivity contribution in [2.24, 2.45) is 0 Å². The quantitative estimate of drug-likeness (QED) is 0.757. The molecule has 9 heteroatoms. The van der Waals surface area contributed by atoms with Gasteiger partial charge in [-0.2, -0.15) is 24.0 Å². The van der Waals surface area contributed by atoms with Gasteiger partial charge in [-0.1, -0.05) is 17.3 Å². The van der Waals surface area contributed by atoms with Crippen LogP contribution in [-0.2, 0) is 6.42 Å². The summed E-state index contributed by atoms with van der Waals surface area (Å²) in [7, 11) is 0. The number of hydrogen-bond donors (Lipinski definition) is 1. The summed E-state index contributed by atoms with van der Waals surface area (Å²) in [6.45, 7) is 1.77. The Morgan fingerprint density at radius 1 is 1.33 bits per heavy atom. The maximum absolute atomic E-state index is 12.6. The maximum atomic E-state index is 12.6. The summed E-state index contributed by atoms with van der Waals surface area (Å²) in [5.74, 6) is -0.787. The van der Waals surface area contributed by atoms with E-state index in [0.29, 0.717) is 16.8 Å². The molecule has 0 unspecified atom stereocenters. The summed E-state index contributed by atoms with van der Waals surface area (Å²) in [6.07, 6.45) is 0.127. The first-order valence-electron chi connectivity index (χ1n) is 8.36. The van der Waals surface area contributed by atoms with Crippen LogP contribution in [0, 0.1) is 6.92 Å². The molecule has 1 amide bonds. The first-order chi connectivity index (χ1) is 13.0. The van der Waals surface area contributed by atoms with Crippen molar-refractivity contribution in [2.75, 3.05) is 0 Å². The van der Waals surface area contributed by atoms with Crippen LogP contribution < -0.4 is 5.32 Å². The molecule has 138 valence electrons. The number of halogens is 2. The Bertz CT molecular complexity index is 1000. The Kier molecular flexibility index (Phi) is 4.35. The number of benzene rings is 1. The molecule has 7 nitrogen and oxygen atoms in total. The number of nitrogens with one attached hydrogen (secondary N) is 1. The van der Waals surface area contributed by atoms with Gasteiger partial charge in [-0.05, 0) is 43.0 Å². The van der Waals surface area contributed by atoms with Gasteiger partial charge in [-0.3, -0.25) is 4.79 Å². The Morgan fingerprint density at radius 2 is 2.19 bits per heavy atom. The fourth-order valence-corrected chi connectivity index (χ4v) is 3.19. The van der Waals surface area contributed by atoms with Crippen molar-refractivity contribution in [2.45, 2.75) is 32.2 Å². The zero-order valence-corrected chi connectivity index (χ0v) is 14.3. The number of aryl methyl sites for hydroxylation is 2. The Labute approximate surface area is 152 Å². The highest BCUT2D eigenvalue weighted by molar-refractivity contribution is 5.94. The molecule has 27 heavy (non-hydrogen) atoms. The van der Waals surface area contributed by atoms with Crippen LogP contribution in [0.15, 0.2) is 35.0 Å². The Morgan fingerprint density at radius 3 is 2.93 bits per heavy atom. The second-order valence-electron chi connectivity index (χ2n) is 6.32. The molecular weight excluding hydrogens is 356 g/mol. The van der Waals surface area contributed by atoms with E-state index in [-0.39, 0.29) is 17.8 Å². The third kappa shape index (κ3) is 3.40. The second kappa shape index (κ2) is 6.82. The van der Waals surface area contributed by atoms with Crippen molar-refractivity contribution >= 4 is 5.91 Å². The van der Waals surface area contributed by atoms with Gasteiger partial charge in [0.25, 0.3) is 11.8 Å². The van der Waals surface area contributed by atoms with Crippen LogP contribution in [0.25, 0.3) is 11.4 Å². The van der Waals surface area contributed by atoms with Gasteiger partial charge in [-0.15, -0.1) is 0 Å². The maximum Gasteiger partial charge on any atom is 0.315 e. The Balaban J connectivity index is 1.53. The van der Waals surface area contributed by atoms with Crippen LogP contribution in [0.5, 0.6) is 0 Å². The standard InChI is InChI=1S/C18H15F2N5O2/c1-9-6-12(8-21-24-9)17(26)22-14-5-3-10-7-11(2-4-13(10)14)16-23-18(15(19)20)27-25-16/h2,4,6-8,14-15H,3,5H2,1H3,(H,22,26)/t14-/m1/s1. The minimum Gasteiger partial charge on any atom is -0.345 e. The lowest BCUT2D eigenvalue weighted by molar-refractivity contribution is 0.0936. The van der Waals surface area contributed by atoms with Gasteiger partial charge >= 0.3 is 6.43 Å². The number of hydrogen-bond acceptors (Lipinski definition) is 6. The smallest absolute Gasteiger partial charge is 0.315 e. The lowest BCUT2D eigenvalue weighted by Gasteiger charge is -2.14. The predicted molar refractivity (Wildman–Crippen MR) is 90.0 cm³/mol. The highest BCUT2D eigenvalue weighted by Gasteiger charge is 2.26. The van der Waals surface area contributed by atoms with Gasteiger partial charge in [0.05, 0.1) is 23.5 Å². The van der Waals surface area contributed by atoms with Crippen LogP contribution in [0.3, 0.4) is 0 Å². The fourth-order valence-electron chi connectivity index (χ4n) is 3.19. The number of carbonyl (C=O) groups excluding carboxylic acids is 1. The molecule has 1 atom stereocenters. The van der Waals surface area contributed by atoms with Gasteiger partial charge in [-0.25, -0.2) is 0 Å². The van der Waals surface area contributed by atoms with Crippen LogP contribution >= 0.6 is 0 Å². The molecule has 0 bridgehead atoms. The van der Waals surface area contributed by atoms with Crippen LogP contribution in [0.1, 0.15) is 52.0 Å². The van der Waals surface area contributed by atoms with E-state index in [4.69, 9.17) is 0 Å². The van der Waals surface area contributed by atoms with Crippen molar-refractivity contribution in [1.29, 1.82) is 0 Å². The molecule has 2 heterocycles. The molecule has 0 aliphatic heterocycles. The second-order valence-corrected chi connectivity index (χ2v) is 6.32. The van der Waals surface area contributed by atoms with Gasteiger partial charge < -0.3 is 9.84 Å². The molecule has 0 fully saturated rings. The third-order valence-corrected chi connectivity index (χ3v) is 4.45. The predicted octanol–water partition coefficient (Wildman–Crippen LogP) is 3.19. The van der Waals surface area contributed by atoms with Crippen LogP contribution in [-0.4, -0.2) is 26.2 Å². The number of amides is 1. The summed E-state index contributed by atoms with van der Waals surface area (Å²) >= 11 is 0. The summed E-state index contributed by atoms with van der Waals surface area (Å²) in [4.78, 5) is 16.1. The topological polar surface area (TPSA) is 93.8 Å². The lowest BCUT2D eigenvalue weighted by atomic mass is 10.0. The fraction of sp³-hybridized carbons (Fsp3) is 0.278. The van der Waals surface area contributed by atoms with Crippen molar-refractivity contribution in [3.8, 4) is 11.4 Å². The number of nitrogens with zero attached hydrogens (tertiary/aromatic N) is 4. The van der Waals surface area contributed by atoms with E-state index in [9.17, 15) is 13.6 Å². The van der Waals surface area contributed by atoms with Gasteiger partial charge in [0.1, 0.15) is 0 Å². The molecule has 1 N–H and O–H groups in total. The molecule has 0 saturated heterocycles. The van der Waals surface area contributed by atoms with Crippen LogP contribution in [0.2, 0.25) is 0 Å². The van der Waals surface area contributed by atoms with E-state index in [1.807, 2.05) is 12.1 Å². The molecule has 3 aromatic rings. The SMILES string of the molecule is Cc1cc(C(=O)N[C@@H]2CCc3cc(-c4noc(C(F)F)n4)ccc32)cnn1. The van der Waals surface area contributed by atoms with E-state index in [2.05, 4.69) is 30.2 Å². The van der Waals surface area contributed by atoms with E-state index in [1.165, 1.54) is 6.20 Å².